The highest BCUT2D eigenvalue weighted by atomic mass is 16.5. The zero-order valence-electron chi connectivity index (χ0n) is 8.36. The third-order valence-corrected chi connectivity index (χ3v) is 1.96. The average Bonchev–Trinajstić information content (AvgIpc) is 2.12. The van der Waals surface area contributed by atoms with E-state index in [0.717, 1.165) is 6.54 Å². The fourth-order valence-electron chi connectivity index (χ4n) is 0.883. The second-order valence-corrected chi connectivity index (χ2v) is 3.03. The summed E-state index contributed by atoms with van der Waals surface area (Å²) in [6.07, 6.45) is 0.538. The van der Waals surface area contributed by atoms with E-state index in [0.29, 0.717) is 19.6 Å². The summed E-state index contributed by atoms with van der Waals surface area (Å²) in [5, 5.41) is 16.9. The summed E-state index contributed by atoms with van der Waals surface area (Å²) in [6.45, 7) is 3.86. The first-order valence-corrected chi connectivity index (χ1v) is 4.48. The Morgan fingerprint density at radius 3 is 2.77 bits per heavy atom. The molecular weight excluding hydrogens is 168 g/mol. The molecule has 0 bridgehead atoms. The molecule has 1 atom stereocenters. The van der Waals surface area contributed by atoms with Crippen LogP contribution in [0.15, 0.2) is 0 Å². The van der Waals surface area contributed by atoms with E-state index in [1.54, 1.807) is 0 Å². The molecule has 13 heavy (non-hydrogen) atoms. The van der Waals surface area contributed by atoms with Gasteiger partial charge in [-0.05, 0) is 14.0 Å². The van der Waals surface area contributed by atoms with E-state index in [4.69, 9.17) is 15.1 Å². The predicted molar refractivity (Wildman–Crippen MR) is 50.2 cm³/mol. The smallest absolute Gasteiger partial charge is 0.0698 e. The van der Waals surface area contributed by atoms with E-state index >= 15 is 0 Å². The van der Waals surface area contributed by atoms with Crippen molar-refractivity contribution in [3.63, 3.8) is 0 Å². The number of hydrogen-bond donors (Lipinski definition) is 1. The standard InChI is InChI=1S/C9H18N2O2/c1-9(3-4-10)11(2)5-7-13-8-6-12/h9,12H,3,5-8H2,1-2H3. The normalized spacial score (nSPS) is 12.8. The van der Waals surface area contributed by atoms with Crippen molar-refractivity contribution in [3.8, 4) is 6.07 Å². The molecular formula is C9H18N2O2. The van der Waals surface area contributed by atoms with Crippen molar-refractivity contribution in [2.45, 2.75) is 19.4 Å². The molecule has 0 saturated carbocycles. The monoisotopic (exact) mass is 186 g/mol. The molecule has 1 unspecified atom stereocenters. The van der Waals surface area contributed by atoms with Gasteiger partial charge in [-0.15, -0.1) is 0 Å². The highest BCUT2D eigenvalue weighted by molar-refractivity contribution is 4.78. The van der Waals surface area contributed by atoms with Crippen molar-refractivity contribution in [1.29, 1.82) is 5.26 Å². The van der Waals surface area contributed by atoms with Crippen LogP contribution in [0.3, 0.4) is 0 Å². The highest BCUT2D eigenvalue weighted by Gasteiger charge is 2.07. The fourth-order valence-corrected chi connectivity index (χ4v) is 0.883. The van der Waals surface area contributed by atoms with Crippen molar-refractivity contribution >= 4 is 0 Å². The van der Waals surface area contributed by atoms with Gasteiger partial charge in [0.15, 0.2) is 0 Å². The van der Waals surface area contributed by atoms with Crippen molar-refractivity contribution in [1.82, 2.24) is 4.90 Å². The number of ether oxygens (including phenoxy) is 1. The Bertz CT molecular complexity index is 156. The molecule has 4 heteroatoms. The first kappa shape index (κ1) is 12.4. The molecule has 0 aliphatic heterocycles. The lowest BCUT2D eigenvalue weighted by Crippen LogP contribution is -2.32. The lowest BCUT2D eigenvalue weighted by molar-refractivity contribution is 0.0723. The van der Waals surface area contributed by atoms with E-state index in [1.807, 2.05) is 14.0 Å². The molecule has 0 aromatic rings. The van der Waals surface area contributed by atoms with Gasteiger partial charge in [0.05, 0.1) is 32.3 Å². The Hall–Kier alpha value is -0.630. The SMILES string of the molecule is CC(CC#N)N(C)CCOCCO. The van der Waals surface area contributed by atoms with E-state index in [1.165, 1.54) is 0 Å². The molecule has 0 aliphatic carbocycles. The van der Waals surface area contributed by atoms with Gasteiger partial charge in [-0.1, -0.05) is 0 Å². The Morgan fingerprint density at radius 1 is 1.54 bits per heavy atom. The van der Waals surface area contributed by atoms with Crippen LogP contribution in [0.5, 0.6) is 0 Å². The van der Waals surface area contributed by atoms with Gasteiger partial charge < -0.3 is 14.7 Å². The van der Waals surface area contributed by atoms with E-state index in [9.17, 15) is 0 Å². The van der Waals surface area contributed by atoms with E-state index in [-0.39, 0.29) is 12.6 Å². The Morgan fingerprint density at radius 2 is 2.23 bits per heavy atom. The summed E-state index contributed by atoms with van der Waals surface area (Å²) in [6, 6.07) is 2.39. The van der Waals surface area contributed by atoms with Crippen molar-refractivity contribution in [2.75, 3.05) is 33.4 Å². The molecule has 0 fully saturated rings. The molecule has 0 spiro atoms. The highest BCUT2D eigenvalue weighted by Crippen LogP contribution is 1.98. The van der Waals surface area contributed by atoms with Gasteiger partial charge in [-0.25, -0.2) is 0 Å². The van der Waals surface area contributed by atoms with Gasteiger partial charge in [0.25, 0.3) is 0 Å². The summed E-state index contributed by atoms with van der Waals surface area (Å²) < 4.78 is 5.11. The Balaban J connectivity index is 3.39. The third-order valence-electron chi connectivity index (χ3n) is 1.96. The third kappa shape index (κ3) is 6.52. The van der Waals surface area contributed by atoms with Gasteiger partial charge in [0, 0.05) is 12.6 Å². The van der Waals surface area contributed by atoms with Crippen LogP contribution in [0, 0.1) is 11.3 Å². The zero-order valence-corrected chi connectivity index (χ0v) is 8.36. The molecule has 0 aliphatic rings. The summed E-state index contributed by atoms with van der Waals surface area (Å²) in [5.74, 6) is 0. The summed E-state index contributed by atoms with van der Waals surface area (Å²) >= 11 is 0. The predicted octanol–water partition coefficient (Wildman–Crippen LogP) is 0.229. The lowest BCUT2D eigenvalue weighted by atomic mass is 10.2. The van der Waals surface area contributed by atoms with Crippen LogP contribution in [0.25, 0.3) is 0 Å². The molecule has 0 saturated heterocycles. The number of nitriles is 1. The maximum absolute atomic E-state index is 8.45. The van der Waals surface area contributed by atoms with Crippen molar-refractivity contribution in [3.05, 3.63) is 0 Å². The molecule has 4 nitrogen and oxygen atoms in total. The van der Waals surface area contributed by atoms with Gasteiger partial charge in [-0.2, -0.15) is 5.26 Å². The maximum Gasteiger partial charge on any atom is 0.0698 e. The number of aliphatic hydroxyl groups excluding tert-OH is 1. The summed E-state index contributed by atoms with van der Waals surface area (Å²) in [7, 11) is 1.96. The molecule has 0 aromatic heterocycles. The number of rotatable bonds is 7. The fraction of sp³-hybridized carbons (Fsp3) is 0.889. The Kier molecular flexibility index (Phi) is 7.60. The number of likely N-dealkylation sites (N-methyl/N-ethyl adjacent to an activating group) is 1. The lowest BCUT2D eigenvalue weighted by Gasteiger charge is -2.22. The van der Waals surface area contributed by atoms with Gasteiger partial charge in [-0.3, -0.25) is 0 Å². The van der Waals surface area contributed by atoms with Crippen molar-refractivity contribution in [2.24, 2.45) is 0 Å². The van der Waals surface area contributed by atoms with Crippen LogP contribution in [0.4, 0.5) is 0 Å². The number of aliphatic hydroxyl groups is 1. The van der Waals surface area contributed by atoms with Crippen molar-refractivity contribution < 1.29 is 9.84 Å². The van der Waals surface area contributed by atoms with Gasteiger partial charge >= 0.3 is 0 Å². The van der Waals surface area contributed by atoms with Crippen LogP contribution < -0.4 is 0 Å². The molecule has 0 radical (unpaired) electrons. The maximum atomic E-state index is 8.45. The van der Waals surface area contributed by atoms with E-state index < -0.39 is 0 Å². The van der Waals surface area contributed by atoms with Crippen LogP contribution in [0.1, 0.15) is 13.3 Å². The van der Waals surface area contributed by atoms with E-state index in [2.05, 4.69) is 11.0 Å². The van der Waals surface area contributed by atoms with Crippen LogP contribution in [0.2, 0.25) is 0 Å². The minimum Gasteiger partial charge on any atom is -0.394 e. The molecule has 0 rings (SSSR count). The first-order valence-electron chi connectivity index (χ1n) is 4.48. The molecule has 0 heterocycles. The molecule has 76 valence electrons. The quantitative estimate of drug-likeness (QED) is 0.578. The average molecular weight is 186 g/mol. The molecule has 0 aromatic carbocycles. The topological polar surface area (TPSA) is 56.5 Å². The number of nitrogens with zero attached hydrogens (tertiary/aromatic N) is 2. The second kappa shape index (κ2) is 7.99. The summed E-state index contributed by atoms with van der Waals surface area (Å²) in [5.41, 5.74) is 0. The van der Waals surface area contributed by atoms with Gasteiger partial charge in [0.1, 0.15) is 0 Å². The van der Waals surface area contributed by atoms with Crippen LogP contribution >= 0.6 is 0 Å². The largest absolute Gasteiger partial charge is 0.394 e. The van der Waals surface area contributed by atoms with Gasteiger partial charge in [0.2, 0.25) is 0 Å². The minimum absolute atomic E-state index is 0.0669. The molecule has 1 N–H and O–H groups in total. The Labute approximate surface area is 79.7 Å². The minimum atomic E-state index is 0.0669. The molecule has 0 amide bonds. The second-order valence-electron chi connectivity index (χ2n) is 3.03. The zero-order chi connectivity index (χ0) is 10.1. The van der Waals surface area contributed by atoms with Crippen LogP contribution in [-0.2, 0) is 4.74 Å². The van der Waals surface area contributed by atoms with Crippen LogP contribution in [-0.4, -0.2) is 49.5 Å². The summed E-state index contributed by atoms with van der Waals surface area (Å²) in [4.78, 5) is 2.07. The first-order chi connectivity index (χ1) is 6.22. The number of hydrogen-bond acceptors (Lipinski definition) is 4.